The van der Waals surface area contributed by atoms with E-state index in [2.05, 4.69) is 0 Å². The monoisotopic (exact) mass is 290 g/mol. The Bertz CT molecular complexity index is 618. The van der Waals surface area contributed by atoms with Crippen molar-refractivity contribution in [1.82, 2.24) is 0 Å². The SMILES string of the molecule is NS(=O)(=O)CC1CC(=O)N(c2cccc(F)c2F)C1. The third-order valence-electron chi connectivity index (χ3n) is 2.90. The lowest BCUT2D eigenvalue weighted by Crippen LogP contribution is -2.28. The Labute approximate surface area is 109 Å². The van der Waals surface area contributed by atoms with E-state index in [0.717, 1.165) is 11.0 Å². The fourth-order valence-corrected chi connectivity index (χ4v) is 3.04. The number of rotatable bonds is 3. The summed E-state index contributed by atoms with van der Waals surface area (Å²) in [6.07, 6.45) is -0.0492. The fourth-order valence-electron chi connectivity index (χ4n) is 2.16. The van der Waals surface area contributed by atoms with Crippen LogP contribution >= 0.6 is 0 Å². The van der Waals surface area contributed by atoms with Crippen LogP contribution in [-0.2, 0) is 14.8 Å². The molecule has 2 N–H and O–H groups in total. The van der Waals surface area contributed by atoms with Crippen LogP contribution in [0.2, 0.25) is 0 Å². The highest BCUT2D eigenvalue weighted by molar-refractivity contribution is 7.89. The molecule has 1 fully saturated rings. The van der Waals surface area contributed by atoms with Crippen LogP contribution in [0, 0.1) is 17.6 Å². The van der Waals surface area contributed by atoms with Crippen LogP contribution in [0.3, 0.4) is 0 Å². The highest BCUT2D eigenvalue weighted by atomic mass is 32.2. The van der Waals surface area contributed by atoms with E-state index < -0.39 is 33.5 Å². The number of carbonyl (C=O) groups excluding carboxylic acids is 1. The first-order chi connectivity index (χ1) is 8.78. The van der Waals surface area contributed by atoms with Gasteiger partial charge in [-0.15, -0.1) is 0 Å². The number of sulfonamides is 1. The minimum absolute atomic E-state index is 0.00956. The van der Waals surface area contributed by atoms with Crippen molar-refractivity contribution in [3.05, 3.63) is 29.8 Å². The molecule has 1 aliphatic heterocycles. The first-order valence-corrected chi connectivity index (χ1v) is 7.24. The van der Waals surface area contributed by atoms with Gasteiger partial charge < -0.3 is 4.90 Å². The molecule has 1 amide bonds. The van der Waals surface area contributed by atoms with Gasteiger partial charge in [-0.2, -0.15) is 0 Å². The lowest BCUT2D eigenvalue weighted by molar-refractivity contribution is -0.117. The highest BCUT2D eigenvalue weighted by Crippen LogP contribution is 2.28. The van der Waals surface area contributed by atoms with Crippen LogP contribution in [0.1, 0.15) is 6.42 Å². The molecular weight excluding hydrogens is 278 g/mol. The molecule has 2 rings (SSSR count). The van der Waals surface area contributed by atoms with Crippen LogP contribution in [0.25, 0.3) is 0 Å². The maximum atomic E-state index is 13.6. The maximum absolute atomic E-state index is 13.6. The number of nitrogens with zero attached hydrogens (tertiary/aromatic N) is 1. The van der Waals surface area contributed by atoms with E-state index in [-0.39, 0.29) is 24.4 Å². The van der Waals surface area contributed by atoms with E-state index in [4.69, 9.17) is 5.14 Å². The van der Waals surface area contributed by atoms with E-state index in [1.165, 1.54) is 12.1 Å². The number of halogens is 2. The Morgan fingerprint density at radius 2 is 2.05 bits per heavy atom. The summed E-state index contributed by atoms with van der Waals surface area (Å²) in [5.41, 5.74) is -0.179. The van der Waals surface area contributed by atoms with Crippen LogP contribution < -0.4 is 10.0 Å². The Morgan fingerprint density at radius 3 is 2.68 bits per heavy atom. The van der Waals surface area contributed by atoms with Crippen molar-refractivity contribution in [1.29, 1.82) is 0 Å². The van der Waals surface area contributed by atoms with E-state index in [1.54, 1.807) is 0 Å². The molecule has 19 heavy (non-hydrogen) atoms. The molecule has 1 aromatic rings. The lowest BCUT2D eigenvalue weighted by Gasteiger charge is -2.17. The quantitative estimate of drug-likeness (QED) is 0.885. The third kappa shape index (κ3) is 3.07. The second kappa shape index (κ2) is 4.86. The van der Waals surface area contributed by atoms with Crippen molar-refractivity contribution < 1.29 is 22.0 Å². The largest absolute Gasteiger partial charge is 0.309 e. The molecule has 0 saturated carbocycles. The van der Waals surface area contributed by atoms with Gasteiger partial charge in [0.15, 0.2) is 11.6 Å². The van der Waals surface area contributed by atoms with Gasteiger partial charge in [0.1, 0.15) is 0 Å². The van der Waals surface area contributed by atoms with Crippen molar-refractivity contribution in [3.63, 3.8) is 0 Å². The summed E-state index contributed by atoms with van der Waals surface area (Å²) in [6, 6.07) is 3.50. The van der Waals surface area contributed by atoms with Crippen LogP contribution in [0.15, 0.2) is 18.2 Å². The molecule has 5 nitrogen and oxygen atoms in total. The van der Waals surface area contributed by atoms with Gasteiger partial charge in [0.25, 0.3) is 0 Å². The molecule has 0 aliphatic carbocycles. The van der Waals surface area contributed by atoms with Gasteiger partial charge in [0, 0.05) is 18.9 Å². The first-order valence-electron chi connectivity index (χ1n) is 5.53. The predicted molar refractivity (Wildman–Crippen MR) is 64.8 cm³/mol. The summed E-state index contributed by atoms with van der Waals surface area (Å²) in [4.78, 5) is 12.8. The van der Waals surface area contributed by atoms with Gasteiger partial charge in [0.2, 0.25) is 15.9 Å². The molecule has 1 aromatic carbocycles. The molecule has 1 atom stereocenters. The summed E-state index contributed by atoms with van der Waals surface area (Å²) in [5, 5.41) is 4.91. The zero-order valence-corrected chi connectivity index (χ0v) is 10.7. The molecule has 1 heterocycles. The number of hydrogen-bond donors (Lipinski definition) is 1. The van der Waals surface area contributed by atoms with Gasteiger partial charge in [0.05, 0.1) is 11.4 Å². The smallest absolute Gasteiger partial charge is 0.227 e. The van der Waals surface area contributed by atoms with Crippen molar-refractivity contribution in [2.24, 2.45) is 11.1 Å². The summed E-state index contributed by atoms with van der Waals surface area (Å²) in [7, 11) is -3.70. The highest BCUT2D eigenvalue weighted by Gasteiger charge is 2.34. The second-order valence-corrected chi connectivity index (χ2v) is 6.14. The molecule has 104 valence electrons. The Kier molecular flexibility index (Phi) is 3.55. The third-order valence-corrected chi connectivity index (χ3v) is 3.83. The Hall–Kier alpha value is -1.54. The first kappa shape index (κ1) is 13.9. The van der Waals surface area contributed by atoms with Gasteiger partial charge in [-0.05, 0) is 12.1 Å². The van der Waals surface area contributed by atoms with Crippen molar-refractivity contribution in [2.75, 3.05) is 17.2 Å². The number of primary sulfonamides is 1. The summed E-state index contributed by atoms with van der Waals surface area (Å²) in [5.74, 6) is -3.48. The lowest BCUT2D eigenvalue weighted by atomic mass is 10.1. The topological polar surface area (TPSA) is 80.5 Å². The van der Waals surface area contributed by atoms with Crippen LogP contribution in [0.5, 0.6) is 0 Å². The second-order valence-electron chi connectivity index (χ2n) is 4.48. The average molecular weight is 290 g/mol. The fraction of sp³-hybridized carbons (Fsp3) is 0.364. The number of carbonyl (C=O) groups is 1. The molecule has 1 saturated heterocycles. The molecule has 1 aliphatic rings. The van der Waals surface area contributed by atoms with E-state index in [9.17, 15) is 22.0 Å². The number of anilines is 1. The Balaban J connectivity index is 2.23. The van der Waals surface area contributed by atoms with E-state index in [1.807, 2.05) is 0 Å². The maximum Gasteiger partial charge on any atom is 0.227 e. The molecule has 8 heteroatoms. The molecule has 0 aromatic heterocycles. The van der Waals surface area contributed by atoms with Crippen molar-refractivity contribution in [2.45, 2.75) is 6.42 Å². The summed E-state index contributed by atoms with van der Waals surface area (Å²) < 4.78 is 48.6. The molecule has 0 bridgehead atoms. The number of nitrogens with two attached hydrogens (primary N) is 1. The van der Waals surface area contributed by atoms with Crippen LogP contribution in [0.4, 0.5) is 14.5 Å². The molecule has 0 spiro atoms. The minimum atomic E-state index is -3.70. The minimum Gasteiger partial charge on any atom is -0.309 e. The van der Waals surface area contributed by atoms with Gasteiger partial charge in [-0.25, -0.2) is 22.3 Å². The number of amides is 1. The normalized spacial score (nSPS) is 20.1. The van der Waals surface area contributed by atoms with E-state index >= 15 is 0 Å². The van der Waals surface area contributed by atoms with Gasteiger partial charge in [-0.3, -0.25) is 4.79 Å². The predicted octanol–water partition coefficient (Wildman–Crippen LogP) is 0.606. The average Bonchev–Trinajstić information content (AvgIpc) is 2.61. The van der Waals surface area contributed by atoms with Crippen LogP contribution in [-0.4, -0.2) is 26.6 Å². The number of hydrogen-bond acceptors (Lipinski definition) is 3. The zero-order valence-electron chi connectivity index (χ0n) is 9.84. The summed E-state index contributed by atoms with van der Waals surface area (Å²) >= 11 is 0. The molecule has 0 radical (unpaired) electrons. The standard InChI is InChI=1S/C11H12F2N2O3S/c12-8-2-1-3-9(11(8)13)15-5-7(4-10(15)16)6-19(14,17)18/h1-3,7H,4-6H2,(H2,14,17,18). The van der Waals surface area contributed by atoms with Gasteiger partial charge >= 0.3 is 0 Å². The zero-order chi connectivity index (χ0) is 14.2. The molecular formula is C11H12F2N2O3S. The Morgan fingerprint density at radius 1 is 1.37 bits per heavy atom. The summed E-state index contributed by atoms with van der Waals surface area (Å²) in [6.45, 7) is 0.00956. The number of benzene rings is 1. The van der Waals surface area contributed by atoms with Crippen molar-refractivity contribution >= 4 is 21.6 Å². The molecule has 1 unspecified atom stereocenters. The van der Waals surface area contributed by atoms with Gasteiger partial charge in [-0.1, -0.05) is 6.07 Å². The van der Waals surface area contributed by atoms with E-state index in [0.29, 0.717) is 0 Å². The van der Waals surface area contributed by atoms with Crippen molar-refractivity contribution in [3.8, 4) is 0 Å².